The molecule has 6 nitrogen and oxygen atoms in total. The normalized spacial score (nSPS) is 12.1. The zero-order chi connectivity index (χ0) is 16.0. The van der Waals surface area contributed by atoms with Gasteiger partial charge in [0.2, 0.25) is 5.91 Å². The number of nitrogens with zero attached hydrogens (tertiary/aromatic N) is 2. The van der Waals surface area contributed by atoms with Crippen LogP contribution in [0.3, 0.4) is 0 Å². The lowest BCUT2D eigenvalue weighted by Gasteiger charge is -2.34. The summed E-state index contributed by atoms with van der Waals surface area (Å²) in [5.41, 5.74) is -0.103. The highest BCUT2D eigenvalue weighted by molar-refractivity contribution is 7.99. The first-order valence-electron chi connectivity index (χ1n) is 6.47. The summed E-state index contributed by atoms with van der Waals surface area (Å²) in [4.78, 5) is 34.8. The molecule has 0 aromatic carbocycles. The molecule has 1 N–H and O–H groups in total. The van der Waals surface area contributed by atoms with E-state index in [1.807, 2.05) is 34.6 Å². The summed E-state index contributed by atoms with van der Waals surface area (Å²) in [7, 11) is 0. The third kappa shape index (κ3) is 8.90. The van der Waals surface area contributed by atoms with Gasteiger partial charge in [-0.3, -0.25) is 9.59 Å². The van der Waals surface area contributed by atoms with Gasteiger partial charge < -0.3 is 10.0 Å². The van der Waals surface area contributed by atoms with Gasteiger partial charge in [0, 0.05) is 36.0 Å². The lowest BCUT2D eigenvalue weighted by Crippen LogP contribution is -2.44. The summed E-state index contributed by atoms with van der Waals surface area (Å²) < 4.78 is 2.33. The molecule has 0 radical (unpaired) electrons. The fourth-order valence-electron chi connectivity index (χ4n) is 1.77. The zero-order valence-corrected chi connectivity index (χ0v) is 13.6. The van der Waals surface area contributed by atoms with Crippen LogP contribution in [-0.2, 0) is 9.59 Å². The van der Waals surface area contributed by atoms with Crippen molar-refractivity contribution < 1.29 is 14.7 Å². The predicted octanol–water partition coefficient (Wildman–Crippen LogP) is 2.92. The topological polar surface area (TPSA) is 87.0 Å². The van der Waals surface area contributed by atoms with Gasteiger partial charge in [0.25, 0.3) is 0 Å². The van der Waals surface area contributed by atoms with Gasteiger partial charge in [0.15, 0.2) is 0 Å². The van der Waals surface area contributed by atoms with Gasteiger partial charge in [-0.25, -0.2) is 0 Å². The second kappa shape index (κ2) is 7.61. The lowest BCUT2D eigenvalue weighted by molar-refractivity contribution is -0.141. The first-order chi connectivity index (χ1) is 8.97. The number of nitroso groups, excluding NO2 is 1. The molecule has 0 aromatic rings. The van der Waals surface area contributed by atoms with Gasteiger partial charge in [-0.15, -0.1) is 4.91 Å². The number of aliphatic carboxylic acids is 1. The highest BCUT2D eigenvalue weighted by atomic mass is 32.2. The van der Waals surface area contributed by atoms with Crippen molar-refractivity contribution >= 4 is 23.8 Å². The maximum absolute atomic E-state index is 12.2. The number of carbonyl (C=O) groups excluding carboxylic acids is 1. The Bertz CT molecular complexity index is 364. The summed E-state index contributed by atoms with van der Waals surface area (Å²) in [6.07, 6.45) is -0.209. The molecule has 1 amide bonds. The number of hydrogen-bond donors (Lipinski definition) is 1. The van der Waals surface area contributed by atoms with Crippen molar-refractivity contribution in [2.75, 3.05) is 13.1 Å². The Morgan fingerprint density at radius 1 is 1.10 bits per heavy atom. The quantitative estimate of drug-likeness (QED) is 0.550. The van der Waals surface area contributed by atoms with Crippen LogP contribution in [0, 0.1) is 10.3 Å². The number of carboxylic acid groups (broad SMARTS) is 1. The number of hydrogen-bond acceptors (Lipinski definition) is 5. The Hall–Kier alpha value is -1.11. The SMILES string of the molecule is CC(C)(C)CN(CC(C)(C)SN=O)C(=O)CCC(=O)O. The fraction of sp³-hybridized carbons (Fsp3) is 0.846. The number of carboxylic acids is 1. The van der Waals surface area contributed by atoms with Crippen LogP contribution in [0.1, 0.15) is 47.5 Å². The molecule has 7 heteroatoms. The molecule has 0 bridgehead atoms. The molecule has 0 saturated heterocycles. The van der Waals surface area contributed by atoms with E-state index in [1.165, 1.54) is 0 Å². The Labute approximate surface area is 124 Å². The minimum absolute atomic E-state index is 0.0271. The number of rotatable bonds is 8. The van der Waals surface area contributed by atoms with E-state index in [0.717, 1.165) is 11.9 Å². The Morgan fingerprint density at radius 2 is 1.65 bits per heavy atom. The molecule has 0 aromatic heterocycles. The van der Waals surface area contributed by atoms with Crippen molar-refractivity contribution in [3.8, 4) is 0 Å². The van der Waals surface area contributed by atoms with Crippen LogP contribution in [0.15, 0.2) is 4.58 Å². The molecule has 0 spiro atoms. The van der Waals surface area contributed by atoms with Gasteiger partial charge >= 0.3 is 5.97 Å². The number of carbonyl (C=O) groups is 2. The average molecular weight is 304 g/mol. The van der Waals surface area contributed by atoms with E-state index in [1.54, 1.807) is 4.90 Å². The summed E-state index contributed by atoms with van der Waals surface area (Å²) in [5.74, 6) is -1.20. The van der Waals surface area contributed by atoms with Crippen molar-refractivity contribution in [1.82, 2.24) is 4.90 Å². The second-order valence-electron chi connectivity index (χ2n) is 6.63. The average Bonchev–Trinajstić information content (AvgIpc) is 2.22. The Morgan fingerprint density at radius 3 is 2.05 bits per heavy atom. The first-order valence-corrected chi connectivity index (χ1v) is 7.24. The molecule has 0 rings (SSSR count). The van der Waals surface area contributed by atoms with E-state index >= 15 is 0 Å². The standard InChI is InChI=1S/C13H24N2O4S/c1-12(2,3)8-15(9-13(4,5)20-14-19)10(16)6-7-11(17)18/h6-9H2,1-5H3,(H,17,18). The van der Waals surface area contributed by atoms with Crippen LogP contribution >= 0.6 is 11.9 Å². The fourth-order valence-corrected chi connectivity index (χ4v) is 2.18. The van der Waals surface area contributed by atoms with Gasteiger partial charge in [-0.05, 0) is 19.3 Å². The molecule has 0 aliphatic rings. The van der Waals surface area contributed by atoms with E-state index in [4.69, 9.17) is 5.11 Å². The number of amides is 1. The van der Waals surface area contributed by atoms with Crippen molar-refractivity contribution in [3.05, 3.63) is 4.91 Å². The highest BCUT2D eigenvalue weighted by Crippen LogP contribution is 2.28. The molecule has 0 unspecified atom stereocenters. The van der Waals surface area contributed by atoms with Crippen LogP contribution in [0.25, 0.3) is 0 Å². The zero-order valence-electron chi connectivity index (χ0n) is 12.8. The monoisotopic (exact) mass is 304 g/mol. The first kappa shape index (κ1) is 18.9. The smallest absolute Gasteiger partial charge is 0.303 e. The molecule has 0 saturated carbocycles. The Kier molecular flexibility index (Phi) is 7.19. The van der Waals surface area contributed by atoms with Crippen LogP contribution in [0.2, 0.25) is 0 Å². The molecule has 0 heterocycles. The van der Waals surface area contributed by atoms with E-state index < -0.39 is 10.7 Å². The van der Waals surface area contributed by atoms with E-state index in [9.17, 15) is 14.5 Å². The molecule has 116 valence electrons. The lowest BCUT2D eigenvalue weighted by atomic mass is 9.95. The summed E-state index contributed by atoms with van der Waals surface area (Å²) in [6.45, 7) is 10.5. The molecule has 20 heavy (non-hydrogen) atoms. The largest absolute Gasteiger partial charge is 0.481 e. The van der Waals surface area contributed by atoms with Crippen molar-refractivity contribution in [2.45, 2.75) is 52.2 Å². The molecular formula is C13H24N2O4S. The minimum Gasteiger partial charge on any atom is -0.481 e. The van der Waals surface area contributed by atoms with Crippen LogP contribution in [0.5, 0.6) is 0 Å². The van der Waals surface area contributed by atoms with Crippen LogP contribution < -0.4 is 0 Å². The maximum Gasteiger partial charge on any atom is 0.303 e. The highest BCUT2D eigenvalue weighted by Gasteiger charge is 2.29. The summed E-state index contributed by atoms with van der Waals surface area (Å²) in [6, 6.07) is 0. The van der Waals surface area contributed by atoms with Gasteiger partial charge in [-0.2, -0.15) is 0 Å². The molecule has 0 fully saturated rings. The van der Waals surface area contributed by atoms with E-state index in [2.05, 4.69) is 4.58 Å². The molecule has 0 aliphatic heterocycles. The van der Waals surface area contributed by atoms with Crippen LogP contribution in [-0.4, -0.2) is 39.7 Å². The van der Waals surface area contributed by atoms with Crippen LogP contribution in [0.4, 0.5) is 0 Å². The van der Waals surface area contributed by atoms with Crippen molar-refractivity contribution in [2.24, 2.45) is 10.00 Å². The minimum atomic E-state index is -0.989. The van der Waals surface area contributed by atoms with Crippen molar-refractivity contribution in [3.63, 3.8) is 0 Å². The van der Waals surface area contributed by atoms with Gasteiger partial charge in [-0.1, -0.05) is 20.8 Å². The molecule has 0 aliphatic carbocycles. The third-order valence-corrected chi connectivity index (χ3v) is 3.12. The van der Waals surface area contributed by atoms with Crippen molar-refractivity contribution in [1.29, 1.82) is 0 Å². The predicted molar refractivity (Wildman–Crippen MR) is 80.4 cm³/mol. The molecular weight excluding hydrogens is 280 g/mol. The van der Waals surface area contributed by atoms with E-state index in [0.29, 0.717) is 13.1 Å². The maximum atomic E-state index is 12.2. The van der Waals surface area contributed by atoms with Gasteiger partial charge in [0.1, 0.15) is 0 Å². The summed E-state index contributed by atoms with van der Waals surface area (Å²) >= 11 is 0.889. The summed E-state index contributed by atoms with van der Waals surface area (Å²) in [5, 5.41) is 8.66. The third-order valence-electron chi connectivity index (χ3n) is 2.43. The Balaban J connectivity index is 4.84. The van der Waals surface area contributed by atoms with E-state index in [-0.39, 0.29) is 24.2 Å². The second-order valence-corrected chi connectivity index (χ2v) is 8.07. The van der Waals surface area contributed by atoms with Gasteiger partial charge in [0.05, 0.1) is 11.2 Å². The molecule has 0 atom stereocenters.